The molecule has 7 heteroatoms. The van der Waals surface area contributed by atoms with Gasteiger partial charge in [-0.3, -0.25) is 4.68 Å². The number of nitrogens with zero attached hydrogens (tertiary/aromatic N) is 6. The predicted molar refractivity (Wildman–Crippen MR) is 81.0 cm³/mol. The van der Waals surface area contributed by atoms with E-state index in [1.54, 1.807) is 6.33 Å². The number of hydrogen-bond acceptors (Lipinski definition) is 4. The van der Waals surface area contributed by atoms with Gasteiger partial charge in [0.25, 0.3) is 0 Å². The molecule has 4 aromatic rings. The first-order valence-electron chi connectivity index (χ1n) is 6.40. The molecule has 0 saturated heterocycles. The molecule has 0 saturated carbocycles. The smallest absolute Gasteiger partial charge is 0.225 e. The second-order valence-electron chi connectivity index (χ2n) is 4.91. The summed E-state index contributed by atoms with van der Waals surface area (Å²) in [6.07, 6.45) is 3.54. The molecule has 0 aliphatic carbocycles. The van der Waals surface area contributed by atoms with Crippen LogP contribution in [0.1, 0.15) is 0 Å². The number of halogens is 1. The van der Waals surface area contributed by atoms with Crippen molar-refractivity contribution >= 4 is 33.7 Å². The Balaban J connectivity index is 2.03. The largest absolute Gasteiger partial charge is 0.318 e. The lowest BCUT2D eigenvalue weighted by atomic mass is 10.1. The van der Waals surface area contributed by atoms with Crippen molar-refractivity contribution in [3.8, 4) is 11.3 Å². The summed E-state index contributed by atoms with van der Waals surface area (Å²) in [5, 5.41) is 5.52. The fourth-order valence-corrected chi connectivity index (χ4v) is 2.66. The van der Waals surface area contributed by atoms with Crippen LogP contribution in [0.15, 0.2) is 30.7 Å². The number of fused-ring (bicyclic) bond motifs is 2. The quantitative estimate of drug-likeness (QED) is 0.507. The third-order valence-electron chi connectivity index (χ3n) is 3.55. The Kier molecular flexibility index (Phi) is 2.49. The monoisotopic (exact) mass is 298 g/mol. The van der Waals surface area contributed by atoms with E-state index in [1.807, 2.05) is 47.7 Å². The summed E-state index contributed by atoms with van der Waals surface area (Å²) in [7, 11) is 3.80. The first kappa shape index (κ1) is 12.3. The zero-order valence-corrected chi connectivity index (χ0v) is 12.2. The average molecular weight is 299 g/mol. The zero-order valence-electron chi connectivity index (χ0n) is 11.4. The highest BCUT2D eigenvalue weighted by atomic mass is 35.5. The van der Waals surface area contributed by atoms with Crippen molar-refractivity contribution < 1.29 is 0 Å². The van der Waals surface area contributed by atoms with Gasteiger partial charge in [0.2, 0.25) is 5.28 Å². The number of hydrogen-bond donors (Lipinski definition) is 0. The molecule has 0 unspecified atom stereocenters. The topological polar surface area (TPSA) is 61.4 Å². The van der Waals surface area contributed by atoms with Gasteiger partial charge in [-0.15, -0.1) is 0 Å². The van der Waals surface area contributed by atoms with E-state index in [0.29, 0.717) is 0 Å². The Morgan fingerprint density at radius 3 is 2.86 bits per heavy atom. The molecule has 0 aliphatic rings. The molecule has 0 spiro atoms. The fraction of sp³-hybridized carbons (Fsp3) is 0.143. The van der Waals surface area contributed by atoms with Gasteiger partial charge < -0.3 is 4.57 Å². The van der Waals surface area contributed by atoms with Crippen LogP contribution in [0.25, 0.3) is 33.3 Å². The molecule has 0 atom stereocenters. The number of imidazole rings is 1. The van der Waals surface area contributed by atoms with E-state index in [1.165, 1.54) is 0 Å². The van der Waals surface area contributed by atoms with E-state index < -0.39 is 0 Å². The Labute approximate surface area is 125 Å². The van der Waals surface area contributed by atoms with Crippen LogP contribution >= 0.6 is 11.6 Å². The lowest BCUT2D eigenvalue weighted by Crippen LogP contribution is -1.94. The molecule has 21 heavy (non-hydrogen) atoms. The van der Waals surface area contributed by atoms with Crippen LogP contribution in [0, 0.1) is 0 Å². The molecule has 0 radical (unpaired) electrons. The van der Waals surface area contributed by atoms with Crippen LogP contribution in [0.4, 0.5) is 0 Å². The second-order valence-corrected chi connectivity index (χ2v) is 5.25. The normalized spacial score (nSPS) is 11.6. The third-order valence-corrected chi connectivity index (χ3v) is 3.72. The second kappa shape index (κ2) is 4.26. The van der Waals surface area contributed by atoms with Gasteiger partial charge in [-0.25, -0.2) is 9.97 Å². The number of benzene rings is 1. The fourth-order valence-electron chi connectivity index (χ4n) is 2.49. The van der Waals surface area contributed by atoms with Crippen molar-refractivity contribution in [2.45, 2.75) is 0 Å². The van der Waals surface area contributed by atoms with Crippen molar-refractivity contribution in [2.24, 2.45) is 14.1 Å². The summed E-state index contributed by atoms with van der Waals surface area (Å²) in [5.74, 6) is 0. The summed E-state index contributed by atoms with van der Waals surface area (Å²) in [4.78, 5) is 13.0. The first-order valence-corrected chi connectivity index (χ1v) is 6.78. The molecule has 104 valence electrons. The Morgan fingerprint density at radius 1 is 1.14 bits per heavy atom. The van der Waals surface area contributed by atoms with Crippen molar-refractivity contribution in [3.05, 3.63) is 36.0 Å². The van der Waals surface area contributed by atoms with E-state index in [4.69, 9.17) is 11.6 Å². The SMILES string of the molecule is Cn1cnc2c(-c3ccc4c(cnn4C)c3)nc(Cl)nc21. The number of rotatable bonds is 1. The van der Waals surface area contributed by atoms with E-state index in [-0.39, 0.29) is 5.28 Å². The number of aryl methyl sites for hydroxylation is 2. The van der Waals surface area contributed by atoms with Crippen LogP contribution in [-0.4, -0.2) is 29.3 Å². The standard InChI is InChI=1S/C14H11ClN6/c1-20-7-16-12-11(18-14(15)19-13(12)20)8-3-4-10-9(5-8)6-17-21(10)2/h3-7H,1-2H3. The minimum Gasteiger partial charge on any atom is -0.318 e. The highest BCUT2D eigenvalue weighted by Gasteiger charge is 2.13. The average Bonchev–Trinajstić information content (AvgIpc) is 3.02. The molecule has 0 fully saturated rings. The maximum Gasteiger partial charge on any atom is 0.225 e. The van der Waals surface area contributed by atoms with Crippen LogP contribution in [0.5, 0.6) is 0 Å². The molecule has 4 rings (SSSR count). The molecule has 6 nitrogen and oxygen atoms in total. The van der Waals surface area contributed by atoms with Gasteiger partial charge in [-0.05, 0) is 23.7 Å². The maximum absolute atomic E-state index is 6.05. The van der Waals surface area contributed by atoms with Gasteiger partial charge in [0.15, 0.2) is 5.65 Å². The van der Waals surface area contributed by atoms with Crippen molar-refractivity contribution in [1.29, 1.82) is 0 Å². The summed E-state index contributed by atoms with van der Waals surface area (Å²) in [6, 6.07) is 6.05. The maximum atomic E-state index is 6.05. The zero-order chi connectivity index (χ0) is 14.6. The molecule has 0 N–H and O–H groups in total. The summed E-state index contributed by atoms with van der Waals surface area (Å²) < 4.78 is 3.66. The third kappa shape index (κ3) is 1.80. The molecule has 3 heterocycles. The summed E-state index contributed by atoms with van der Waals surface area (Å²) >= 11 is 6.05. The van der Waals surface area contributed by atoms with Gasteiger partial charge in [0.05, 0.1) is 18.0 Å². The van der Waals surface area contributed by atoms with Crippen LogP contribution in [0.2, 0.25) is 5.28 Å². The number of aromatic nitrogens is 6. The summed E-state index contributed by atoms with van der Waals surface area (Å²) in [5.41, 5.74) is 4.21. The lowest BCUT2D eigenvalue weighted by Gasteiger charge is -2.04. The highest BCUT2D eigenvalue weighted by Crippen LogP contribution is 2.28. The Bertz CT molecular complexity index is 984. The predicted octanol–water partition coefficient (Wildman–Crippen LogP) is 2.57. The molecule has 1 aromatic carbocycles. The molecule has 0 aliphatic heterocycles. The van der Waals surface area contributed by atoms with Gasteiger partial charge in [0, 0.05) is 25.0 Å². The minimum absolute atomic E-state index is 0.215. The van der Waals surface area contributed by atoms with Gasteiger partial charge >= 0.3 is 0 Å². The molecule has 3 aromatic heterocycles. The van der Waals surface area contributed by atoms with E-state index in [2.05, 4.69) is 20.1 Å². The Morgan fingerprint density at radius 2 is 2.00 bits per heavy atom. The van der Waals surface area contributed by atoms with Crippen LogP contribution in [0.3, 0.4) is 0 Å². The van der Waals surface area contributed by atoms with E-state index in [9.17, 15) is 0 Å². The molecular weight excluding hydrogens is 288 g/mol. The van der Waals surface area contributed by atoms with Gasteiger partial charge in [-0.2, -0.15) is 10.1 Å². The van der Waals surface area contributed by atoms with E-state index in [0.717, 1.165) is 33.3 Å². The highest BCUT2D eigenvalue weighted by molar-refractivity contribution is 6.28. The van der Waals surface area contributed by atoms with Crippen molar-refractivity contribution in [3.63, 3.8) is 0 Å². The molecule has 0 bridgehead atoms. The molecule has 0 amide bonds. The summed E-state index contributed by atoms with van der Waals surface area (Å²) in [6.45, 7) is 0. The minimum atomic E-state index is 0.215. The van der Waals surface area contributed by atoms with Crippen LogP contribution < -0.4 is 0 Å². The van der Waals surface area contributed by atoms with Crippen molar-refractivity contribution in [2.75, 3.05) is 0 Å². The van der Waals surface area contributed by atoms with Gasteiger partial charge in [0.1, 0.15) is 11.2 Å². The first-order chi connectivity index (χ1) is 10.1. The molecular formula is C14H11ClN6. The van der Waals surface area contributed by atoms with E-state index >= 15 is 0 Å². The lowest BCUT2D eigenvalue weighted by molar-refractivity contribution is 0.797. The van der Waals surface area contributed by atoms with Gasteiger partial charge in [-0.1, -0.05) is 6.07 Å². The Hall–Kier alpha value is -2.47. The van der Waals surface area contributed by atoms with Crippen LogP contribution in [-0.2, 0) is 14.1 Å². The van der Waals surface area contributed by atoms with Crippen molar-refractivity contribution in [1.82, 2.24) is 29.3 Å².